The summed E-state index contributed by atoms with van der Waals surface area (Å²) in [4.78, 5) is 46.1. The predicted octanol–water partition coefficient (Wildman–Crippen LogP) is 2.66. The van der Waals surface area contributed by atoms with Gasteiger partial charge in [-0.2, -0.15) is 0 Å². The molecule has 3 amide bonds. The molecule has 3 heterocycles. The summed E-state index contributed by atoms with van der Waals surface area (Å²) in [5.74, 6) is 4.82. The molecule has 6 N–H and O–H groups in total. The minimum Gasteiger partial charge on any atom is -0.465 e. The summed E-state index contributed by atoms with van der Waals surface area (Å²) >= 11 is 0. The molecule has 3 aromatic rings. The van der Waals surface area contributed by atoms with Gasteiger partial charge in [0, 0.05) is 17.7 Å². The van der Waals surface area contributed by atoms with Crippen LogP contribution in [0, 0.1) is 12.7 Å². The second kappa shape index (κ2) is 9.41. The molecule has 0 unspecified atom stereocenters. The van der Waals surface area contributed by atoms with Gasteiger partial charge in [0.1, 0.15) is 17.3 Å². The number of amides is 3. The lowest BCUT2D eigenvalue weighted by Crippen LogP contribution is -2.39. The first-order valence-corrected chi connectivity index (χ1v) is 10.9. The molecule has 0 spiro atoms. The summed E-state index contributed by atoms with van der Waals surface area (Å²) in [5, 5.41) is 12.2. The number of nitrogens with zero attached hydrogens (tertiary/aromatic N) is 4. The molecule has 0 aliphatic carbocycles. The number of primary amides is 1. The van der Waals surface area contributed by atoms with E-state index in [1.54, 1.807) is 19.1 Å². The van der Waals surface area contributed by atoms with Gasteiger partial charge in [-0.1, -0.05) is 12.1 Å². The number of carbonyl (C=O) groups is 3. The van der Waals surface area contributed by atoms with Gasteiger partial charge >= 0.3 is 6.09 Å². The smallest absolute Gasteiger partial charge is 0.407 e. The Hall–Kier alpha value is -4.48. The molecular weight excluding hydrogens is 457 g/mol. The SMILES string of the molecule is Cc1cc(NC(=O)c2ccc(-c3nc([C@@H]4CCCCN4C(=O)O)n(N)c3C(N)=O)cc2)ncc1F. The number of aryl methyl sites for hydroxylation is 1. The second-order valence-corrected chi connectivity index (χ2v) is 8.24. The Morgan fingerprint density at radius 1 is 1.20 bits per heavy atom. The number of rotatable bonds is 5. The van der Waals surface area contributed by atoms with Crippen LogP contribution in [0.5, 0.6) is 0 Å². The maximum Gasteiger partial charge on any atom is 0.407 e. The van der Waals surface area contributed by atoms with Crippen LogP contribution in [0.1, 0.15) is 57.5 Å². The average molecular weight is 481 g/mol. The van der Waals surface area contributed by atoms with Crippen LogP contribution in [-0.4, -0.2) is 49.1 Å². The summed E-state index contributed by atoms with van der Waals surface area (Å²) in [5.41, 5.74) is 6.79. The first-order chi connectivity index (χ1) is 16.7. The summed E-state index contributed by atoms with van der Waals surface area (Å²) in [6.45, 7) is 1.89. The number of likely N-dealkylation sites (tertiary alicyclic amines) is 1. The van der Waals surface area contributed by atoms with Crippen molar-refractivity contribution in [3.05, 3.63) is 65.0 Å². The molecule has 1 fully saturated rings. The number of nitrogens with one attached hydrogen (secondary N) is 1. The number of benzene rings is 1. The molecule has 1 saturated heterocycles. The number of carbonyl (C=O) groups excluding carboxylic acids is 2. The third kappa shape index (κ3) is 4.63. The minimum atomic E-state index is -1.10. The minimum absolute atomic E-state index is 0.0703. The van der Waals surface area contributed by atoms with Crippen LogP contribution < -0.4 is 16.9 Å². The van der Waals surface area contributed by atoms with Gasteiger partial charge in [-0.25, -0.2) is 23.8 Å². The van der Waals surface area contributed by atoms with E-state index in [4.69, 9.17) is 11.6 Å². The van der Waals surface area contributed by atoms with E-state index in [0.717, 1.165) is 23.7 Å². The highest BCUT2D eigenvalue weighted by atomic mass is 19.1. The Morgan fingerprint density at radius 3 is 2.54 bits per heavy atom. The largest absolute Gasteiger partial charge is 0.465 e. The van der Waals surface area contributed by atoms with Gasteiger partial charge in [-0.3, -0.25) is 14.5 Å². The van der Waals surface area contributed by atoms with Crippen molar-refractivity contribution in [2.45, 2.75) is 32.2 Å². The molecule has 1 aliphatic rings. The number of hydrogen-bond donors (Lipinski definition) is 4. The Bertz CT molecular complexity index is 1310. The van der Waals surface area contributed by atoms with Crippen LogP contribution >= 0.6 is 0 Å². The molecule has 4 rings (SSSR count). The maximum absolute atomic E-state index is 13.4. The van der Waals surface area contributed by atoms with Crippen LogP contribution in [0.2, 0.25) is 0 Å². The number of halogens is 1. The van der Waals surface area contributed by atoms with Crippen molar-refractivity contribution in [1.29, 1.82) is 0 Å². The molecule has 0 saturated carbocycles. The molecule has 11 nitrogen and oxygen atoms in total. The molecule has 1 aliphatic heterocycles. The molecular formula is C23H24FN7O4. The quantitative estimate of drug-likeness (QED) is 0.406. The van der Waals surface area contributed by atoms with E-state index in [2.05, 4.69) is 15.3 Å². The van der Waals surface area contributed by atoms with Gasteiger partial charge in [0.05, 0.1) is 12.2 Å². The Labute approximate surface area is 199 Å². The number of anilines is 1. The average Bonchev–Trinajstić information content (AvgIpc) is 3.18. The molecule has 12 heteroatoms. The number of nitrogen functional groups attached to an aromatic ring is 1. The van der Waals surface area contributed by atoms with Crippen LogP contribution in [-0.2, 0) is 0 Å². The zero-order valence-corrected chi connectivity index (χ0v) is 18.9. The van der Waals surface area contributed by atoms with Crippen LogP contribution in [0.15, 0.2) is 36.5 Å². The van der Waals surface area contributed by atoms with E-state index in [9.17, 15) is 23.9 Å². The van der Waals surface area contributed by atoms with Gasteiger partial charge in [-0.05, 0) is 49.9 Å². The highest BCUT2D eigenvalue weighted by Crippen LogP contribution is 2.33. The predicted molar refractivity (Wildman–Crippen MR) is 125 cm³/mol. The van der Waals surface area contributed by atoms with E-state index < -0.39 is 29.8 Å². The number of aromatic nitrogens is 3. The Balaban J connectivity index is 1.64. The fourth-order valence-electron chi connectivity index (χ4n) is 4.13. The van der Waals surface area contributed by atoms with Gasteiger partial charge < -0.3 is 22.0 Å². The standard InChI is InChI=1S/C23H24FN7O4/c1-12-10-17(27-11-15(12)24)28-22(33)14-7-5-13(6-8-14)18-19(20(25)32)31(26)21(29-18)16-4-2-3-9-30(16)23(34)35/h5-8,10-11,16H,2-4,9,26H2,1H3,(H2,25,32)(H,34,35)(H,27,28,33)/t16-/m0/s1. The van der Waals surface area contributed by atoms with Crippen LogP contribution in [0.25, 0.3) is 11.3 Å². The van der Waals surface area contributed by atoms with Crippen molar-refractivity contribution < 1.29 is 23.9 Å². The fraction of sp³-hybridized carbons (Fsp3) is 0.261. The van der Waals surface area contributed by atoms with Gasteiger partial charge in [-0.15, -0.1) is 0 Å². The van der Waals surface area contributed by atoms with E-state index >= 15 is 0 Å². The van der Waals surface area contributed by atoms with Crippen molar-refractivity contribution in [2.24, 2.45) is 5.73 Å². The lowest BCUT2D eigenvalue weighted by molar-refractivity contribution is 0.0986. The molecule has 2 aromatic heterocycles. The van der Waals surface area contributed by atoms with Crippen molar-refractivity contribution in [2.75, 3.05) is 17.7 Å². The van der Waals surface area contributed by atoms with Crippen molar-refractivity contribution >= 4 is 23.7 Å². The molecule has 0 radical (unpaired) electrons. The van der Waals surface area contributed by atoms with Crippen molar-refractivity contribution in [3.8, 4) is 11.3 Å². The number of hydrogen-bond acceptors (Lipinski definition) is 6. The maximum atomic E-state index is 13.4. The summed E-state index contributed by atoms with van der Waals surface area (Å²) in [7, 11) is 0. The molecule has 182 valence electrons. The molecule has 0 bridgehead atoms. The normalized spacial score (nSPS) is 15.6. The molecule has 1 atom stereocenters. The highest BCUT2D eigenvalue weighted by molar-refractivity contribution is 6.04. The van der Waals surface area contributed by atoms with E-state index in [-0.39, 0.29) is 28.6 Å². The van der Waals surface area contributed by atoms with Gasteiger partial charge in [0.15, 0.2) is 11.5 Å². The van der Waals surface area contributed by atoms with Crippen LogP contribution in [0.3, 0.4) is 0 Å². The van der Waals surface area contributed by atoms with Crippen molar-refractivity contribution in [1.82, 2.24) is 19.5 Å². The zero-order chi connectivity index (χ0) is 25.3. The van der Waals surface area contributed by atoms with E-state index in [1.807, 2.05) is 0 Å². The first kappa shape index (κ1) is 23.7. The number of pyridine rings is 1. The topological polar surface area (TPSA) is 169 Å². The van der Waals surface area contributed by atoms with E-state index in [1.165, 1.54) is 23.1 Å². The third-order valence-electron chi connectivity index (χ3n) is 5.93. The van der Waals surface area contributed by atoms with Crippen LogP contribution in [0.4, 0.5) is 15.0 Å². The molecule has 35 heavy (non-hydrogen) atoms. The molecule has 1 aromatic carbocycles. The first-order valence-electron chi connectivity index (χ1n) is 10.9. The zero-order valence-electron chi connectivity index (χ0n) is 18.9. The summed E-state index contributed by atoms with van der Waals surface area (Å²) < 4.78 is 14.5. The monoisotopic (exact) mass is 481 g/mol. The highest BCUT2D eigenvalue weighted by Gasteiger charge is 2.34. The fourth-order valence-corrected chi connectivity index (χ4v) is 4.13. The second-order valence-electron chi connectivity index (χ2n) is 8.24. The Kier molecular flexibility index (Phi) is 6.36. The van der Waals surface area contributed by atoms with E-state index in [0.29, 0.717) is 24.1 Å². The summed E-state index contributed by atoms with van der Waals surface area (Å²) in [6, 6.07) is 6.99. The Morgan fingerprint density at radius 2 is 1.91 bits per heavy atom. The van der Waals surface area contributed by atoms with Gasteiger partial charge in [0.25, 0.3) is 11.8 Å². The number of piperidine rings is 1. The third-order valence-corrected chi connectivity index (χ3v) is 5.93. The lowest BCUT2D eigenvalue weighted by Gasteiger charge is -2.32. The number of imidazole rings is 1. The summed E-state index contributed by atoms with van der Waals surface area (Å²) in [6.07, 6.45) is 1.95. The van der Waals surface area contributed by atoms with Crippen molar-refractivity contribution in [3.63, 3.8) is 0 Å². The van der Waals surface area contributed by atoms with Gasteiger partial charge in [0.2, 0.25) is 0 Å². The lowest BCUT2D eigenvalue weighted by atomic mass is 10.0. The number of nitrogens with two attached hydrogens (primary N) is 2. The number of carboxylic acid groups (broad SMARTS) is 1.